The molecule has 2 N–H and O–H groups in total. The van der Waals surface area contributed by atoms with Gasteiger partial charge in [-0.25, -0.2) is 9.79 Å². The Hall–Kier alpha value is -2.78. The summed E-state index contributed by atoms with van der Waals surface area (Å²) in [7, 11) is 1.53. The fraction of sp³-hybridized carbons (Fsp3) is 0.263. The lowest BCUT2D eigenvalue weighted by molar-refractivity contribution is -0.142. The highest BCUT2D eigenvalue weighted by atomic mass is 32.1. The number of carboxylic acids is 1. The molecular formula is C19H18N2O5S2. The van der Waals surface area contributed by atoms with Gasteiger partial charge in [0.25, 0.3) is 5.91 Å². The van der Waals surface area contributed by atoms with Gasteiger partial charge in [0.1, 0.15) is 11.8 Å². The molecule has 0 radical (unpaired) electrons. The summed E-state index contributed by atoms with van der Waals surface area (Å²) in [5, 5.41) is 21.3. The SMILES string of the molecule is COc1ccc2c(c1)=NC(=O)C(=Cc1sc(=S)n([C@@H](C(=O)O)C(C)C)c1O)C=2. The number of nitrogens with zero attached hydrogens (tertiary/aromatic N) is 2. The fourth-order valence-corrected chi connectivity index (χ4v) is 4.28. The quantitative estimate of drug-likeness (QED) is 0.571. The van der Waals surface area contributed by atoms with Crippen molar-refractivity contribution in [2.75, 3.05) is 7.11 Å². The molecule has 1 aromatic heterocycles. The van der Waals surface area contributed by atoms with Crippen molar-refractivity contribution in [3.8, 4) is 11.6 Å². The lowest BCUT2D eigenvalue weighted by Crippen LogP contribution is -2.30. The van der Waals surface area contributed by atoms with Crippen molar-refractivity contribution >= 4 is 47.6 Å². The van der Waals surface area contributed by atoms with Crippen LogP contribution < -0.4 is 15.3 Å². The smallest absolute Gasteiger partial charge is 0.327 e. The van der Waals surface area contributed by atoms with Crippen LogP contribution in [0.15, 0.2) is 28.8 Å². The number of hydrogen-bond acceptors (Lipinski definition) is 6. The number of carbonyl (C=O) groups is 2. The minimum atomic E-state index is -1.09. The fourth-order valence-electron chi connectivity index (χ4n) is 2.94. The molecule has 0 fully saturated rings. The second kappa shape index (κ2) is 7.69. The molecule has 28 heavy (non-hydrogen) atoms. The van der Waals surface area contributed by atoms with E-state index in [0.29, 0.717) is 16.0 Å². The van der Waals surface area contributed by atoms with E-state index in [0.717, 1.165) is 16.6 Å². The van der Waals surface area contributed by atoms with E-state index < -0.39 is 17.9 Å². The molecule has 1 atom stereocenters. The number of carboxylic acid groups (broad SMARTS) is 1. The molecule has 7 nitrogen and oxygen atoms in total. The lowest BCUT2D eigenvalue weighted by Gasteiger charge is -2.18. The first-order valence-corrected chi connectivity index (χ1v) is 9.63. The number of carbonyl (C=O) groups excluding carboxylic acids is 1. The Bertz CT molecular complexity index is 1170. The van der Waals surface area contributed by atoms with Crippen molar-refractivity contribution in [1.29, 1.82) is 0 Å². The van der Waals surface area contributed by atoms with E-state index in [9.17, 15) is 19.8 Å². The highest BCUT2D eigenvalue weighted by molar-refractivity contribution is 7.73. The molecule has 146 valence electrons. The lowest BCUT2D eigenvalue weighted by atomic mass is 10.0. The number of benzene rings is 1. The Labute approximate surface area is 169 Å². The van der Waals surface area contributed by atoms with Crippen molar-refractivity contribution in [1.82, 2.24) is 4.57 Å². The number of ether oxygens (including phenoxy) is 1. The Balaban J connectivity index is 2.11. The van der Waals surface area contributed by atoms with Crippen LogP contribution in [0.4, 0.5) is 0 Å². The number of fused-ring (bicyclic) bond motifs is 1. The topological polar surface area (TPSA) is 101 Å². The first kappa shape index (κ1) is 20.0. The predicted molar refractivity (Wildman–Crippen MR) is 108 cm³/mol. The van der Waals surface area contributed by atoms with Gasteiger partial charge < -0.3 is 14.9 Å². The Morgan fingerprint density at radius 1 is 1.39 bits per heavy atom. The van der Waals surface area contributed by atoms with Crippen molar-refractivity contribution < 1.29 is 24.5 Å². The Morgan fingerprint density at radius 2 is 2.11 bits per heavy atom. The summed E-state index contributed by atoms with van der Waals surface area (Å²) in [6, 6.07) is 4.21. The zero-order valence-electron chi connectivity index (χ0n) is 15.4. The molecule has 0 saturated heterocycles. The summed E-state index contributed by atoms with van der Waals surface area (Å²) < 4.78 is 6.57. The molecule has 0 bridgehead atoms. The van der Waals surface area contributed by atoms with E-state index in [1.807, 2.05) is 0 Å². The highest BCUT2D eigenvalue weighted by Crippen LogP contribution is 2.34. The van der Waals surface area contributed by atoms with Crippen LogP contribution in [0.25, 0.3) is 12.2 Å². The summed E-state index contributed by atoms with van der Waals surface area (Å²) in [6.07, 6.45) is 3.14. The van der Waals surface area contributed by atoms with Crippen molar-refractivity contribution in [3.05, 3.63) is 43.2 Å². The average molecular weight is 418 g/mol. The molecule has 1 aromatic carbocycles. The molecule has 2 aromatic rings. The predicted octanol–water partition coefficient (Wildman–Crippen LogP) is 2.30. The van der Waals surface area contributed by atoms with Crippen molar-refractivity contribution in [3.63, 3.8) is 0 Å². The molecule has 1 aliphatic rings. The number of methoxy groups -OCH3 is 1. The summed E-state index contributed by atoms with van der Waals surface area (Å²) in [4.78, 5) is 28.4. The summed E-state index contributed by atoms with van der Waals surface area (Å²) in [5.74, 6) is -1.52. The maximum atomic E-state index is 12.4. The third kappa shape index (κ3) is 3.63. The van der Waals surface area contributed by atoms with Gasteiger partial charge in [-0.1, -0.05) is 13.8 Å². The standard InChI is InChI=1S/C19H18N2O5S2/c1-9(2)15(18(24)25)21-17(23)14(28-19(21)27)7-11-6-10-4-5-12(26-3)8-13(10)20-16(11)22/h4-9,15,23H,1-3H3,(H,24,25)/t15-/m1/s1. The minimum Gasteiger partial charge on any atom is -0.497 e. The normalized spacial score (nSPS) is 15.7. The summed E-state index contributed by atoms with van der Waals surface area (Å²) in [5.41, 5.74) is 0.271. The molecule has 9 heteroatoms. The van der Waals surface area contributed by atoms with Gasteiger partial charge >= 0.3 is 5.97 Å². The molecular weight excluding hydrogens is 400 g/mol. The van der Waals surface area contributed by atoms with E-state index in [4.69, 9.17) is 17.0 Å². The number of aromatic nitrogens is 1. The van der Waals surface area contributed by atoms with Gasteiger partial charge in [0, 0.05) is 16.9 Å². The van der Waals surface area contributed by atoms with E-state index >= 15 is 0 Å². The van der Waals surface area contributed by atoms with Crippen LogP contribution in [0.2, 0.25) is 0 Å². The zero-order valence-corrected chi connectivity index (χ0v) is 17.0. The van der Waals surface area contributed by atoms with E-state index in [1.54, 1.807) is 38.1 Å². The van der Waals surface area contributed by atoms with Crippen LogP contribution in [0.3, 0.4) is 0 Å². The maximum Gasteiger partial charge on any atom is 0.327 e. The van der Waals surface area contributed by atoms with Gasteiger partial charge in [0.05, 0.1) is 17.3 Å². The summed E-state index contributed by atoms with van der Waals surface area (Å²) in [6.45, 7) is 3.47. The van der Waals surface area contributed by atoms with E-state index in [-0.39, 0.29) is 21.3 Å². The number of aliphatic carboxylic acids is 1. The molecule has 2 heterocycles. The van der Waals surface area contributed by atoms with Crippen molar-refractivity contribution in [2.24, 2.45) is 10.9 Å². The van der Waals surface area contributed by atoms with Crippen LogP contribution >= 0.6 is 23.6 Å². The first-order valence-electron chi connectivity index (χ1n) is 8.40. The molecule has 3 rings (SSSR count). The number of aromatic hydroxyl groups is 1. The maximum absolute atomic E-state index is 12.4. The number of rotatable bonds is 5. The van der Waals surface area contributed by atoms with E-state index in [2.05, 4.69) is 4.99 Å². The minimum absolute atomic E-state index is 0.218. The molecule has 0 aliphatic carbocycles. The van der Waals surface area contributed by atoms with Crippen LogP contribution in [0, 0.1) is 9.87 Å². The molecule has 0 saturated carbocycles. The Kier molecular flexibility index (Phi) is 5.48. The highest BCUT2D eigenvalue weighted by Gasteiger charge is 2.28. The number of thiazole rings is 1. The largest absolute Gasteiger partial charge is 0.497 e. The third-order valence-corrected chi connectivity index (χ3v) is 5.65. The number of hydrogen-bond donors (Lipinski definition) is 2. The van der Waals surface area contributed by atoms with Gasteiger partial charge in [0.15, 0.2) is 3.95 Å². The van der Waals surface area contributed by atoms with Crippen LogP contribution in [0.1, 0.15) is 24.8 Å². The third-order valence-electron chi connectivity index (χ3n) is 4.31. The molecule has 0 spiro atoms. The molecule has 0 unspecified atom stereocenters. The summed E-state index contributed by atoms with van der Waals surface area (Å²) >= 11 is 6.30. The first-order chi connectivity index (χ1) is 13.2. The van der Waals surface area contributed by atoms with Gasteiger partial charge in [-0.3, -0.25) is 9.36 Å². The van der Waals surface area contributed by atoms with Gasteiger partial charge in [-0.15, -0.1) is 11.3 Å². The van der Waals surface area contributed by atoms with Crippen LogP contribution in [-0.4, -0.2) is 33.8 Å². The van der Waals surface area contributed by atoms with Crippen LogP contribution in [-0.2, 0) is 9.59 Å². The van der Waals surface area contributed by atoms with Crippen molar-refractivity contribution in [2.45, 2.75) is 19.9 Å². The molecule has 1 amide bonds. The van der Waals surface area contributed by atoms with E-state index in [1.165, 1.54) is 17.8 Å². The zero-order chi connectivity index (χ0) is 20.6. The monoisotopic (exact) mass is 418 g/mol. The Morgan fingerprint density at radius 3 is 2.71 bits per heavy atom. The van der Waals surface area contributed by atoms with Gasteiger partial charge in [0.2, 0.25) is 5.88 Å². The van der Waals surface area contributed by atoms with Gasteiger partial charge in [-0.2, -0.15) is 0 Å². The van der Waals surface area contributed by atoms with Crippen LogP contribution in [0.5, 0.6) is 11.6 Å². The number of amides is 1. The second-order valence-electron chi connectivity index (χ2n) is 6.54. The molecule has 1 aliphatic heterocycles. The van der Waals surface area contributed by atoms with Gasteiger partial charge in [-0.05, 0) is 42.4 Å². The second-order valence-corrected chi connectivity index (χ2v) is 8.21. The average Bonchev–Trinajstić information content (AvgIpc) is 2.89.